The Morgan fingerprint density at radius 3 is 1.01 bits per heavy atom. The predicted molar refractivity (Wildman–Crippen MR) is 320 cm³/mol. The third kappa shape index (κ3) is 37.2. The van der Waals surface area contributed by atoms with Gasteiger partial charge in [0, 0.05) is 5.41 Å². The van der Waals surface area contributed by atoms with E-state index >= 15 is 0 Å². The maximum Gasteiger partial charge on any atom is 0.342 e. The van der Waals surface area contributed by atoms with Crippen molar-refractivity contribution in [3.05, 3.63) is 0 Å². The highest BCUT2D eigenvalue weighted by Gasteiger charge is 2.55. The van der Waals surface area contributed by atoms with E-state index in [4.69, 9.17) is 38.6 Å². The fourth-order valence-corrected chi connectivity index (χ4v) is 14.5. The Kier molecular flexibility index (Phi) is 50.2. The third-order valence-electron chi connectivity index (χ3n) is 14.8. The third-order valence-corrected chi connectivity index (χ3v) is 19.5. The van der Waals surface area contributed by atoms with Gasteiger partial charge in [0.2, 0.25) is 0 Å². The van der Waals surface area contributed by atoms with Gasteiger partial charge < -0.3 is 9.79 Å². The lowest BCUT2D eigenvalue weighted by atomic mass is 9.60. The molecule has 0 aromatic heterocycles. The van der Waals surface area contributed by atoms with E-state index in [9.17, 15) is 9.79 Å². The minimum Gasteiger partial charge on any atom is -0.328 e. The minimum atomic E-state index is -2.66. The van der Waals surface area contributed by atoms with Gasteiger partial charge in [-0.2, -0.15) is 50.5 Å². The molecule has 1 heterocycles. The van der Waals surface area contributed by atoms with E-state index < -0.39 is 27.6 Å². The zero-order valence-electron chi connectivity index (χ0n) is 43.2. The average molecular weight is 1090 g/mol. The molecule has 0 aliphatic carbocycles. The molecule has 0 saturated carbocycles. The van der Waals surface area contributed by atoms with Gasteiger partial charge in [-0.25, -0.2) is 4.31 Å². The van der Waals surface area contributed by atoms with Crippen molar-refractivity contribution < 1.29 is 23.1 Å². The molecule has 0 bridgehead atoms. The van der Waals surface area contributed by atoms with Crippen LogP contribution in [0.15, 0.2) is 0 Å². The Morgan fingerprint density at radius 1 is 0.418 bits per heavy atom. The fraction of sp³-hybridized carbons (Fsp3) is 1.00. The van der Waals surface area contributed by atoms with Crippen LogP contribution >= 0.6 is 93.0 Å². The smallest absolute Gasteiger partial charge is 0.328 e. The summed E-state index contributed by atoms with van der Waals surface area (Å²) in [5, 5.41) is 0. The van der Waals surface area contributed by atoms with Crippen molar-refractivity contribution in [2.75, 3.05) is 23.0 Å². The number of unbranched alkanes of at least 4 members (excludes halogenated alkanes) is 36. The van der Waals surface area contributed by atoms with E-state index in [1.54, 1.807) is 0 Å². The average Bonchev–Trinajstić information content (AvgIpc) is 3.34. The summed E-state index contributed by atoms with van der Waals surface area (Å²) in [5.74, 6) is 4.46. The molecule has 1 saturated heterocycles. The van der Waals surface area contributed by atoms with Crippen molar-refractivity contribution in [2.24, 2.45) is 11.3 Å². The van der Waals surface area contributed by atoms with E-state index in [0.29, 0.717) is 5.92 Å². The molecule has 0 aromatic carbocycles. The number of thiol groups is 6. The van der Waals surface area contributed by atoms with Gasteiger partial charge in [0.1, 0.15) is 10.4 Å². The Balaban J connectivity index is 3.35. The maximum absolute atomic E-state index is 10.2. The molecule has 4 unspecified atom stereocenters. The molecule has 2 N–H and O–H groups in total. The van der Waals surface area contributed by atoms with Gasteiger partial charge in [0.25, 0.3) is 0 Å². The molecule has 1 aliphatic heterocycles. The number of hydrogen-bond acceptors (Lipinski definition) is 11. The van der Waals surface area contributed by atoms with Gasteiger partial charge in [0.05, 0.1) is 0 Å². The van der Waals surface area contributed by atoms with Gasteiger partial charge in [-0.05, 0) is 99.6 Å². The van der Waals surface area contributed by atoms with E-state index in [-0.39, 0.29) is 5.41 Å². The Morgan fingerprint density at radius 2 is 0.701 bits per heavy atom. The summed E-state index contributed by atoms with van der Waals surface area (Å²) in [6.07, 6.45) is 57.6. The van der Waals surface area contributed by atoms with Crippen molar-refractivity contribution >= 4 is 93.0 Å². The maximum atomic E-state index is 10.2. The molecule has 0 radical (unpaired) electrons. The van der Waals surface area contributed by atoms with Gasteiger partial charge in [-0.1, -0.05) is 225 Å². The first-order valence-corrected chi connectivity index (χ1v) is 34.4. The first kappa shape index (κ1) is 67.8. The molecular weight excluding hydrogens is 983 g/mol. The van der Waals surface area contributed by atoms with Crippen LogP contribution in [0.3, 0.4) is 0 Å². The second kappa shape index (κ2) is 49.6. The summed E-state index contributed by atoms with van der Waals surface area (Å²) in [6, 6.07) is 0. The normalized spacial score (nSPS) is 20.1. The van der Waals surface area contributed by atoms with Gasteiger partial charge >= 0.3 is 17.2 Å². The van der Waals surface area contributed by atoms with Crippen molar-refractivity contribution in [1.82, 2.24) is 0 Å². The summed E-state index contributed by atoms with van der Waals surface area (Å²) < 4.78 is 19.3. The quantitative estimate of drug-likeness (QED) is 0.0177. The number of rotatable bonds is 50. The molecule has 0 amide bonds. The van der Waals surface area contributed by atoms with Crippen LogP contribution in [0.4, 0.5) is 0 Å². The standard InChI is InChI=1S/C54H110O5P2S6/c55-60(56)59-61-57-52(66)43-42-51(41-33-25-17-9-1-5-13-21-29-37-47-62)53(44-34-26-18-10-2-6-14-22-30-38-48-63,45-35-27-19-11-3-7-15-23-31-39-49-64)54(67,58-61)46-36-28-20-12-4-8-16-24-32-40-50-65/h51-52,55-56,62-67H,1-50H2. The van der Waals surface area contributed by atoms with Crippen molar-refractivity contribution in [3.8, 4) is 0 Å². The lowest BCUT2D eigenvalue weighted by Gasteiger charge is -2.53. The lowest BCUT2D eigenvalue weighted by Crippen LogP contribution is -2.50. The van der Waals surface area contributed by atoms with Crippen LogP contribution in [0.1, 0.15) is 295 Å². The van der Waals surface area contributed by atoms with E-state index in [2.05, 4.69) is 50.5 Å². The SMILES string of the molecule is OP(O)OP1OC(S)CCC(CCCCCCCCCCCCS)C(CCCCCCCCCCCCS)(CCCCCCCCCCCCS)C(S)(CCCCCCCCCCCCS)O1. The van der Waals surface area contributed by atoms with Gasteiger partial charge in [0.15, 0.2) is 0 Å². The lowest BCUT2D eigenvalue weighted by molar-refractivity contribution is -0.0593. The molecule has 0 aromatic rings. The van der Waals surface area contributed by atoms with Crippen LogP contribution in [0.25, 0.3) is 0 Å². The highest BCUT2D eigenvalue weighted by molar-refractivity contribution is 7.82. The molecule has 1 aliphatic rings. The Bertz CT molecular complexity index is 1000. The minimum absolute atomic E-state index is 0.186. The van der Waals surface area contributed by atoms with Crippen LogP contribution in [-0.4, -0.2) is 43.2 Å². The zero-order chi connectivity index (χ0) is 48.8. The molecule has 13 heteroatoms. The largest absolute Gasteiger partial charge is 0.342 e. The Labute approximate surface area is 452 Å². The van der Waals surface area contributed by atoms with Crippen molar-refractivity contribution in [2.45, 2.75) is 306 Å². The summed E-state index contributed by atoms with van der Waals surface area (Å²) in [6.45, 7) is 0. The van der Waals surface area contributed by atoms with Crippen molar-refractivity contribution in [3.63, 3.8) is 0 Å². The monoisotopic (exact) mass is 1090 g/mol. The first-order chi connectivity index (χ1) is 32.8. The molecule has 1 fully saturated rings. The molecule has 1 rings (SSSR count). The molecular formula is C54H110O5P2S6. The second-order valence-corrected chi connectivity index (χ2v) is 25.6. The summed E-state index contributed by atoms with van der Waals surface area (Å²) in [5.41, 5.74) is -0.576. The van der Waals surface area contributed by atoms with E-state index in [0.717, 1.165) is 68.0 Å². The first-order valence-electron chi connectivity index (χ1n) is 28.6. The fourth-order valence-electron chi connectivity index (χ4n) is 10.8. The van der Waals surface area contributed by atoms with Crippen LogP contribution in [0, 0.1) is 11.3 Å². The molecule has 67 heavy (non-hydrogen) atoms. The molecule has 5 nitrogen and oxygen atoms in total. The van der Waals surface area contributed by atoms with Crippen LogP contribution in [0.2, 0.25) is 0 Å². The topological polar surface area (TPSA) is 68.2 Å². The highest BCUT2D eigenvalue weighted by Crippen LogP contribution is 2.65. The predicted octanol–water partition coefficient (Wildman–Crippen LogP) is 20.6. The summed E-state index contributed by atoms with van der Waals surface area (Å²) in [7, 11) is -4.72. The summed E-state index contributed by atoms with van der Waals surface area (Å²) >= 11 is 28.4. The molecule has 402 valence electrons. The van der Waals surface area contributed by atoms with E-state index in [1.807, 2.05) is 0 Å². The summed E-state index contributed by atoms with van der Waals surface area (Å²) in [4.78, 5) is 19.7. The van der Waals surface area contributed by atoms with Crippen LogP contribution in [0.5, 0.6) is 0 Å². The highest BCUT2D eigenvalue weighted by atomic mass is 32.1. The second-order valence-electron chi connectivity index (χ2n) is 20.5. The van der Waals surface area contributed by atoms with Crippen molar-refractivity contribution in [1.29, 1.82) is 0 Å². The van der Waals surface area contributed by atoms with E-state index in [1.165, 1.54) is 250 Å². The molecule has 0 spiro atoms. The Hall–Kier alpha value is 2.76. The van der Waals surface area contributed by atoms with Gasteiger partial charge in [-0.3, -0.25) is 9.05 Å². The number of hydrogen-bond donors (Lipinski definition) is 8. The van der Waals surface area contributed by atoms with Crippen LogP contribution < -0.4 is 0 Å². The molecule has 4 atom stereocenters. The van der Waals surface area contributed by atoms with Crippen LogP contribution in [-0.2, 0) is 13.4 Å². The van der Waals surface area contributed by atoms with Gasteiger partial charge in [-0.15, -0.1) is 25.3 Å². The zero-order valence-corrected chi connectivity index (χ0v) is 50.4.